The highest BCUT2D eigenvalue weighted by Crippen LogP contribution is 2.47. The highest BCUT2D eigenvalue weighted by molar-refractivity contribution is 6.03. The van der Waals surface area contributed by atoms with Crippen LogP contribution >= 0.6 is 0 Å². The number of hydrogen-bond acceptors (Lipinski definition) is 8. The van der Waals surface area contributed by atoms with Gasteiger partial charge in [0.25, 0.3) is 0 Å². The molecule has 0 radical (unpaired) electrons. The molecule has 238 valence electrons. The molecule has 5 heterocycles. The summed E-state index contributed by atoms with van der Waals surface area (Å²) in [5.41, 5.74) is 0.226. The lowest BCUT2D eigenvalue weighted by atomic mass is 9.96. The molecular weight excluding hydrogens is 586 g/mol. The Hall–Kier alpha value is -4.07. The highest BCUT2D eigenvalue weighted by Gasteiger charge is 2.45. The Morgan fingerprint density at radius 2 is 1.85 bits per heavy atom. The molecule has 4 fully saturated rings. The van der Waals surface area contributed by atoms with Crippen molar-refractivity contribution in [2.45, 2.75) is 57.5 Å². The van der Waals surface area contributed by atoms with Crippen molar-refractivity contribution in [3.05, 3.63) is 47.7 Å². The molecule has 4 aromatic rings. The number of terminal acetylenes is 1. The summed E-state index contributed by atoms with van der Waals surface area (Å²) >= 11 is 0. The number of nitrogens with one attached hydrogen (secondary N) is 1. The Kier molecular flexibility index (Phi) is 7.22. The average molecular weight is 625 g/mol. The number of piperazine rings is 1. The molecule has 10 heteroatoms. The SMILES string of the molecule is C#Cc1c(F)ccc2cc(O)cc(-c3ncc4c(N5CC6CCC(C5)N6)nc(OCC5(CN6CCC(C)CC6)CC5)nc4c3F)c12. The second-order valence-corrected chi connectivity index (χ2v) is 14.0. The van der Waals surface area contributed by atoms with Gasteiger partial charge in [0.05, 0.1) is 17.6 Å². The minimum atomic E-state index is -0.702. The number of piperidine rings is 1. The van der Waals surface area contributed by atoms with E-state index in [0.717, 1.165) is 64.3 Å². The molecule has 3 saturated heterocycles. The quantitative estimate of drug-likeness (QED) is 0.256. The summed E-state index contributed by atoms with van der Waals surface area (Å²) < 4.78 is 38.0. The van der Waals surface area contributed by atoms with Crippen LogP contribution in [0.2, 0.25) is 0 Å². The molecule has 8 rings (SSSR count). The zero-order valence-corrected chi connectivity index (χ0v) is 26.0. The van der Waals surface area contributed by atoms with Crippen LogP contribution < -0.4 is 15.0 Å². The molecule has 8 nitrogen and oxygen atoms in total. The maximum Gasteiger partial charge on any atom is 0.319 e. The third-order valence-electron chi connectivity index (χ3n) is 10.5. The Morgan fingerprint density at radius 3 is 2.57 bits per heavy atom. The van der Waals surface area contributed by atoms with Gasteiger partial charge in [-0.3, -0.25) is 4.98 Å². The van der Waals surface area contributed by atoms with E-state index in [-0.39, 0.29) is 39.5 Å². The Bertz CT molecular complexity index is 1870. The normalized spacial score (nSPS) is 22.8. The van der Waals surface area contributed by atoms with Crippen molar-refractivity contribution in [3.8, 4) is 35.4 Å². The molecule has 0 amide bonds. The van der Waals surface area contributed by atoms with Gasteiger partial charge < -0.3 is 25.0 Å². The van der Waals surface area contributed by atoms with Crippen LogP contribution in [-0.4, -0.2) is 76.4 Å². The van der Waals surface area contributed by atoms with Crippen LogP contribution in [0.25, 0.3) is 32.9 Å². The van der Waals surface area contributed by atoms with Gasteiger partial charge in [0.1, 0.15) is 28.6 Å². The first-order valence-electron chi connectivity index (χ1n) is 16.4. The van der Waals surface area contributed by atoms with Gasteiger partial charge in [-0.05, 0) is 81.1 Å². The fraction of sp³-hybridized carbons (Fsp3) is 0.472. The number of hydrogen-bond donors (Lipinski definition) is 2. The molecule has 2 N–H and O–H groups in total. The standard InChI is InChI=1S/C36H38F2N6O2/c1-3-26-29(37)7-4-22-14-25(45)15-27(30(22)26)32-31(38)33-28(16-39-32)34(44-17-23-5-6-24(18-44)40-23)42-35(41-33)46-20-36(10-11-36)19-43-12-8-21(2)9-13-43/h1,4,7,14-16,21,23-24,40,45H,5-6,8-13,17-20H2,2H3. The number of ether oxygens (including phenoxy) is 1. The number of likely N-dealkylation sites (tertiary alicyclic amines) is 1. The minimum Gasteiger partial charge on any atom is -0.508 e. The lowest BCUT2D eigenvalue weighted by Crippen LogP contribution is -2.51. The molecule has 4 aliphatic rings. The first-order chi connectivity index (χ1) is 22.3. The van der Waals surface area contributed by atoms with Crippen molar-refractivity contribution >= 4 is 27.5 Å². The smallest absolute Gasteiger partial charge is 0.319 e. The maximum absolute atomic E-state index is 16.8. The molecule has 2 aromatic carbocycles. The van der Waals surface area contributed by atoms with E-state index in [1.165, 1.54) is 37.1 Å². The van der Waals surface area contributed by atoms with E-state index in [2.05, 4.69) is 37.9 Å². The molecule has 1 saturated carbocycles. The van der Waals surface area contributed by atoms with E-state index >= 15 is 4.39 Å². The van der Waals surface area contributed by atoms with Crippen LogP contribution in [0.5, 0.6) is 11.8 Å². The summed E-state index contributed by atoms with van der Waals surface area (Å²) in [6.45, 7) is 7.49. The molecule has 2 aromatic heterocycles. The van der Waals surface area contributed by atoms with Crippen LogP contribution in [0.15, 0.2) is 30.5 Å². The average Bonchev–Trinajstić information content (AvgIpc) is 3.74. The monoisotopic (exact) mass is 624 g/mol. The zero-order chi connectivity index (χ0) is 31.6. The van der Waals surface area contributed by atoms with Gasteiger partial charge in [0.15, 0.2) is 5.82 Å². The lowest BCUT2D eigenvalue weighted by Gasteiger charge is -2.34. The summed E-state index contributed by atoms with van der Waals surface area (Å²) in [6.07, 6.45) is 14.1. The van der Waals surface area contributed by atoms with E-state index in [4.69, 9.17) is 16.1 Å². The number of nitrogens with zero attached hydrogens (tertiary/aromatic N) is 5. The van der Waals surface area contributed by atoms with Crippen LogP contribution in [0, 0.1) is 35.3 Å². The Balaban J connectivity index is 1.20. The van der Waals surface area contributed by atoms with Gasteiger partial charge in [0.2, 0.25) is 0 Å². The number of halogens is 2. The molecule has 0 spiro atoms. The first-order valence-corrected chi connectivity index (χ1v) is 16.4. The molecule has 1 aliphatic carbocycles. The van der Waals surface area contributed by atoms with E-state index in [0.29, 0.717) is 40.7 Å². The fourth-order valence-corrected chi connectivity index (χ4v) is 7.67. The first kappa shape index (κ1) is 29.3. The molecule has 2 atom stereocenters. The van der Waals surface area contributed by atoms with E-state index in [1.807, 2.05) is 0 Å². The van der Waals surface area contributed by atoms with Crippen LogP contribution in [0.4, 0.5) is 14.6 Å². The predicted octanol–water partition coefficient (Wildman–Crippen LogP) is 5.64. The summed E-state index contributed by atoms with van der Waals surface area (Å²) in [5.74, 6) is 2.35. The van der Waals surface area contributed by atoms with Crippen molar-refractivity contribution in [2.75, 3.05) is 44.2 Å². The third-order valence-corrected chi connectivity index (χ3v) is 10.5. The lowest BCUT2D eigenvalue weighted by molar-refractivity contribution is 0.124. The number of phenols is 1. The summed E-state index contributed by atoms with van der Waals surface area (Å²) in [7, 11) is 0. The van der Waals surface area contributed by atoms with E-state index in [9.17, 15) is 9.50 Å². The van der Waals surface area contributed by atoms with Crippen molar-refractivity contribution < 1.29 is 18.6 Å². The number of phenolic OH excluding ortho intramolecular Hbond substituents is 1. The van der Waals surface area contributed by atoms with Gasteiger partial charge in [-0.1, -0.05) is 18.9 Å². The largest absolute Gasteiger partial charge is 0.508 e. The minimum absolute atomic E-state index is 0.0182. The third kappa shape index (κ3) is 5.29. The van der Waals surface area contributed by atoms with Gasteiger partial charge >= 0.3 is 6.01 Å². The predicted molar refractivity (Wildman–Crippen MR) is 174 cm³/mol. The van der Waals surface area contributed by atoms with Crippen molar-refractivity contribution in [1.29, 1.82) is 0 Å². The van der Waals surface area contributed by atoms with Crippen molar-refractivity contribution in [1.82, 2.24) is 25.2 Å². The summed E-state index contributed by atoms with van der Waals surface area (Å²) in [4.78, 5) is 18.8. The van der Waals surface area contributed by atoms with Crippen LogP contribution in [-0.2, 0) is 0 Å². The van der Waals surface area contributed by atoms with Gasteiger partial charge in [0, 0.05) is 54.3 Å². The van der Waals surface area contributed by atoms with Crippen molar-refractivity contribution in [2.24, 2.45) is 11.3 Å². The van der Waals surface area contributed by atoms with Crippen molar-refractivity contribution in [3.63, 3.8) is 0 Å². The Labute approximate surface area is 267 Å². The second kappa shape index (κ2) is 11.3. The Morgan fingerprint density at radius 1 is 1.09 bits per heavy atom. The number of benzene rings is 2. The summed E-state index contributed by atoms with van der Waals surface area (Å²) in [6, 6.07) is 6.40. The fourth-order valence-electron chi connectivity index (χ4n) is 7.67. The molecule has 46 heavy (non-hydrogen) atoms. The number of rotatable bonds is 7. The van der Waals surface area contributed by atoms with E-state index in [1.54, 1.807) is 6.20 Å². The highest BCUT2D eigenvalue weighted by atomic mass is 19.1. The number of anilines is 1. The second-order valence-electron chi connectivity index (χ2n) is 14.0. The summed E-state index contributed by atoms with van der Waals surface area (Å²) in [5, 5.41) is 15.5. The molecule has 2 bridgehead atoms. The zero-order valence-electron chi connectivity index (χ0n) is 26.0. The van der Waals surface area contributed by atoms with Gasteiger partial charge in [-0.15, -0.1) is 6.42 Å². The number of fused-ring (bicyclic) bond motifs is 4. The van der Waals surface area contributed by atoms with Gasteiger partial charge in [-0.2, -0.15) is 9.97 Å². The number of aromatic hydroxyl groups is 1. The number of pyridine rings is 1. The van der Waals surface area contributed by atoms with Crippen LogP contribution in [0.3, 0.4) is 0 Å². The van der Waals surface area contributed by atoms with E-state index < -0.39 is 11.6 Å². The maximum atomic E-state index is 16.8. The molecule has 2 unspecified atom stereocenters. The number of aromatic nitrogens is 3. The molecular formula is C36H38F2N6O2. The van der Waals surface area contributed by atoms with Crippen LogP contribution in [0.1, 0.15) is 51.0 Å². The topological polar surface area (TPSA) is 86.6 Å². The van der Waals surface area contributed by atoms with Gasteiger partial charge in [-0.25, -0.2) is 8.78 Å². The molecule has 3 aliphatic heterocycles.